The molecule has 0 saturated carbocycles. The smallest absolute Gasteiger partial charge is 0.223 e. The van der Waals surface area contributed by atoms with Crippen molar-refractivity contribution in [2.24, 2.45) is 0 Å². The van der Waals surface area contributed by atoms with E-state index in [-0.39, 0.29) is 24.8 Å². The number of likely N-dealkylation sites (tertiary alicyclic amines) is 1. The summed E-state index contributed by atoms with van der Waals surface area (Å²) in [5.41, 5.74) is 0. The molecular weight excluding hydrogens is 335 g/mol. The van der Waals surface area contributed by atoms with E-state index in [1.165, 1.54) is 32.2 Å². The van der Waals surface area contributed by atoms with Gasteiger partial charge >= 0.3 is 0 Å². The van der Waals surface area contributed by atoms with Crippen molar-refractivity contribution in [3.63, 3.8) is 0 Å². The van der Waals surface area contributed by atoms with Crippen LogP contribution in [-0.2, 0) is 4.79 Å². The Morgan fingerprint density at radius 1 is 1.13 bits per heavy atom. The molecule has 138 valence electrons. The van der Waals surface area contributed by atoms with Gasteiger partial charge in [0.15, 0.2) is 0 Å². The van der Waals surface area contributed by atoms with Crippen LogP contribution >= 0.6 is 24.8 Å². The predicted octanol–water partition coefficient (Wildman–Crippen LogP) is 1.46. The van der Waals surface area contributed by atoms with E-state index in [1.807, 2.05) is 4.90 Å². The van der Waals surface area contributed by atoms with Crippen LogP contribution in [0, 0.1) is 0 Å². The topological polar surface area (TPSA) is 38.8 Å². The van der Waals surface area contributed by atoms with E-state index in [1.54, 1.807) is 0 Å². The number of halogens is 2. The summed E-state index contributed by atoms with van der Waals surface area (Å²) in [7, 11) is 4.39. The van der Waals surface area contributed by atoms with Gasteiger partial charge in [0.25, 0.3) is 0 Å². The molecule has 0 aromatic heterocycles. The largest absolute Gasteiger partial charge is 0.340 e. The highest BCUT2D eigenvalue weighted by molar-refractivity contribution is 5.85. The quantitative estimate of drug-likeness (QED) is 0.770. The Hall–Kier alpha value is -0.0700. The zero-order valence-electron chi connectivity index (χ0n) is 14.6. The summed E-state index contributed by atoms with van der Waals surface area (Å²) in [6.07, 6.45) is 5.96. The van der Waals surface area contributed by atoms with Gasteiger partial charge in [-0.15, -0.1) is 24.8 Å². The standard InChI is InChI=1S/C16H32N4O.2ClH/c1-18(11-6-15-5-3-4-10-19(15)2)12-7-16(21)20-13-8-17-9-14-20;;/h15,17H,3-14H2,1-2H3;2*1H. The van der Waals surface area contributed by atoms with Crippen LogP contribution in [0.5, 0.6) is 0 Å². The highest BCUT2D eigenvalue weighted by atomic mass is 35.5. The number of amides is 1. The third-order valence-corrected chi connectivity index (χ3v) is 4.94. The average molecular weight is 369 g/mol. The Morgan fingerprint density at radius 2 is 1.83 bits per heavy atom. The molecule has 2 fully saturated rings. The van der Waals surface area contributed by atoms with Gasteiger partial charge in [-0.3, -0.25) is 4.79 Å². The second kappa shape index (κ2) is 12.3. The second-order valence-electron chi connectivity index (χ2n) is 6.60. The number of piperazine rings is 1. The van der Waals surface area contributed by atoms with Crippen molar-refractivity contribution in [2.45, 2.75) is 38.1 Å². The molecule has 2 aliphatic heterocycles. The summed E-state index contributed by atoms with van der Waals surface area (Å²) < 4.78 is 0. The Bertz CT molecular complexity index is 327. The van der Waals surface area contributed by atoms with E-state index in [9.17, 15) is 4.79 Å². The molecule has 0 aliphatic carbocycles. The van der Waals surface area contributed by atoms with Gasteiger partial charge in [0.05, 0.1) is 0 Å². The van der Waals surface area contributed by atoms with Crippen LogP contribution in [0.4, 0.5) is 0 Å². The van der Waals surface area contributed by atoms with Gasteiger partial charge in [-0.1, -0.05) is 6.42 Å². The van der Waals surface area contributed by atoms with Crippen LogP contribution in [0.1, 0.15) is 32.1 Å². The summed E-state index contributed by atoms with van der Waals surface area (Å²) in [4.78, 5) is 18.9. The predicted molar refractivity (Wildman–Crippen MR) is 101 cm³/mol. The third kappa shape index (κ3) is 8.03. The van der Waals surface area contributed by atoms with Crippen molar-refractivity contribution in [2.75, 3.05) is 59.9 Å². The van der Waals surface area contributed by atoms with E-state index < -0.39 is 0 Å². The summed E-state index contributed by atoms with van der Waals surface area (Å²) in [6.45, 7) is 6.86. The summed E-state index contributed by atoms with van der Waals surface area (Å²) in [5, 5.41) is 3.29. The first-order valence-corrected chi connectivity index (χ1v) is 8.54. The lowest BCUT2D eigenvalue weighted by atomic mass is 10.00. The number of carbonyl (C=O) groups excluding carboxylic acids is 1. The maximum Gasteiger partial charge on any atom is 0.223 e. The van der Waals surface area contributed by atoms with Crippen LogP contribution < -0.4 is 5.32 Å². The Balaban J connectivity index is 0.00000242. The van der Waals surface area contributed by atoms with Gasteiger partial charge in [0, 0.05) is 45.2 Å². The molecule has 0 radical (unpaired) electrons. The Morgan fingerprint density at radius 3 is 2.48 bits per heavy atom. The molecule has 2 saturated heterocycles. The minimum atomic E-state index is 0. The monoisotopic (exact) mass is 368 g/mol. The summed E-state index contributed by atoms with van der Waals surface area (Å²) in [6, 6.07) is 0.741. The van der Waals surface area contributed by atoms with Crippen LogP contribution in [0.2, 0.25) is 0 Å². The van der Waals surface area contributed by atoms with Crippen molar-refractivity contribution in [1.82, 2.24) is 20.0 Å². The van der Waals surface area contributed by atoms with E-state index in [4.69, 9.17) is 0 Å². The van der Waals surface area contributed by atoms with Crippen LogP contribution in [0.15, 0.2) is 0 Å². The van der Waals surface area contributed by atoms with Crippen molar-refractivity contribution in [3.05, 3.63) is 0 Å². The first-order chi connectivity index (χ1) is 10.2. The second-order valence-corrected chi connectivity index (χ2v) is 6.60. The fourth-order valence-electron chi connectivity index (χ4n) is 3.35. The van der Waals surface area contributed by atoms with Crippen LogP contribution in [-0.4, -0.2) is 86.6 Å². The fraction of sp³-hybridized carbons (Fsp3) is 0.938. The van der Waals surface area contributed by atoms with E-state index in [2.05, 4.69) is 29.2 Å². The molecule has 2 heterocycles. The lowest BCUT2D eigenvalue weighted by Crippen LogP contribution is -2.47. The van der Waals surface area contributed by atoms with Gasteiger partial charge in [0.2, 0.25) is 5.91 Å². The number of nitrogens with one attached hydrogen (secondary N) is 1. The number of carbonyl (C=O) groups is 1. The Labute approximate surface area is 153 Å². The fourth-order valence-corrected chi connectivity index (χ4v) is 3.35. The first kappa shape index (κ1) is 22.9. The van der Waals surface area contributed by atoms with E-state index in [0.29, 0.717) is 12.3 Å². The van der Waals surface area contributed by atoms with Crippen LogP contribution in [0.25, 0.3) is 0 Å². The maximum absolute atomic E-state index is 12.1. The zero-order chi connectivity index (χ0) is 15.1. The lowest BCUT2D eigenvalue weighted by Gasteiger charge is -2.33. The van der Waals surface area contributed by atoms with Crippen molar-refractivity contribution in [1.29, 1.82) is 0 Å². The molecule has 1 amide bonds. The molecule has 2 aliphatic rings. The van der Waals surface area contributed by atoms with E-state index in [0.717, 1.165) is 45.3 Å². The number of rotatable bonds is 6. The van der Waals surface area contributed by atoms with Gasteiger partial charge in [0.1, 0.15) is 0 Å². The normalized spacial score (nSPS) is 22.4. The zero-order valence-corrected chi connectivity index (χ0v) is 16.3. The molecule has 1 unspecified atom stereocenters. The number of piperidine rings is 1. The SMILES string of the molecule is CN(CCC(=O)N1CCNCC1)CCC1CCCCN1C.Cl.Cl. The minimum Gasteiger partial charge on any atom is -0.340 e. The minimum absolute atomic E-state index is 0. The number of hydrogen-bond acceptors (Lipinski definition) is 4. The molecule has 0 bridgehead atoms. The molecule has 1 atom stereocenters. The molecule has 0 aromatic carbocycles. The highest BCUT2D eigenvalue weighted by Crippen LogP contribution is 2.17. The summed E-state index contributed by atoms with van der Waals surface area (Å²) in [5.74, 6) is 0.318. The third-order valence-electron chi connectivity index (χ3n) is 4.94. The van der Waals surface area contributed by atoms with Crippen molar-refractivity contribution in [3.8, 4) is 0 Å². The molecule has 2 rings (SSSR count). The van der Waals surface area contributed by atoms with Gasteiger partial charge in [-0.25, -0.2) is 0 Å². The molecule has 5 nitrogen and oxygen atoms in total. The number of nitrogens with zero attached hydrogens (tertiary/aromatic N) is 3. The molecule has 0 spiro atoms. The molecule has 1 N–H and O–H groups in total. The number of hydrogen-bond donors (Lipinski definition) is 1. The molecular formula is C16H34Cl2N4O. The summed E-state index contributed by atoms with van der Waals surface area (Å²) >= 11 is 0. The lowest BCUT2D eigenvalue weighted by molar-refractivity contribution is -0.132. The average Bonchev–Trinajstić information content (AvgIpc) is 2.52. The van der Waals surface area contributed by atoms with Gasteiger partial charge < -0.3 is 20.0 Å². The van der Waals surface area contributed by atoms with E-state index >= 15 is 0 Å². The van der Waals surface area contributed by atoms with Crippen LogP contribution in [0.3, 0.4) is 0 Å². The Kier molecular flexibility index (Phi) is 12.3. The van der Waals surface area contributed by atoms with Gasteiger partial charge in [-0.05, 0) is 46.4 Å². The van der Waals surface area contributed by atoms with Gasteiger partial charge in [-0.2, -0.15) is 0 Å². The van der Waals surface area contributed by atoms with Crippen molar-refractivity contribution >= 4 is 30.7 Å². The molecule has 7 heteroatoms. The van der Waals surface area contributed by atoms with Crippen molar-refractivity contribution < 1.29 is 4.79 Å². The molecule has 0 aromatic rings. The maximum atomic E-state index is 12.1. The molecule has 23 heavy (non-hydrogen) atoms. The highest BCUT2D eigenvalue weighted by Gasteiger charge is 2.20. The first-order valence-electron chi connectivity index (χ1n) is 8.54.